The van der Waals surface area contributed by atoms with Gasteiger partial charge in [0.2, 0.25) is 0 Å². The Morgan fingerprint density at radius 1 is 1.07 bits per heavy atom. The Morgan fingerprint density at radius 3 is 2.19 bits per heavy atom. The van der Waals surface area contributed by atoms with E-state index in [0.717, 1.165) is 12.8 Å². The molecule has 0 aliphatic heterocycles. The SMILES string of the molecule is CCC(CC(C)(C)C)c1ccc(C(=O)Nc2ccccc2S(=O)(=O)O)cc1. The molecule has 2 N–H and O–H groups in total. The first-order chi connectivity index (χ1) is 12.5. The highest BCUT2D eigenvalue weighted by atomic mass is 32.2. The first-order valence-electron chi connectivity index (χ1n) is 8.99. The highest BCUT2D eigenvalue weighted by molar-refractivity contribution is 7.86. The van der Waals surface area contributed by atoms with Gasteiger partial charge in [-0.3, -0.25) is 9.35 Å². The molecule has 1 amide bonds. The number of para-hydroxylation sites is 1. The quantitative estimate of drug-likeness (QED) is 0.672. The van der Waals surface area contributed by atoms with Crippen molar-refractivity contribution in [2.75, 3.05) is 5.32 Å². The number of carbonyl (C=O) groups excluding carboxylic acids is 1. The van der Waals surface area contributed by atoms with Crippen LogP contribution < -0.4 is 5.32 Å². The van der Waals surface area contributed by atoms with Crippen molar-refractivity contribution in [1.82, 2.24) is 0 Å². The summed E-state index contributed by atoms with van der Waals surface area (Å²) in [7, 11) is -4.41. The van der Waals surface area contributed by atoms with E-state index < -0.39 is 16.0 Å². The van der Waals surface area contributed by atoms with Crippen molar-refractivity contribution in [2.24, 2.45) is 5.41 Å². The van der Waals surface area contributed by atoms with Crippen LogP contribution in [0.1, 0.15) is 62.4 Å². The van der Waals surface area contributed by atoms with Crippen molar-refractivity contribution >= 4 is 21.7 Å². The Kier molecular flexibility index (Phi) is 6.44. The fourth-order valence-electron chi connectivity index (χ4n) is 3.13. The lowest BCUT2D eigenvalue weighted by atomic mass is 9.80. The van der Waals surface area contributed by atoms with E-state index in [1.165, 1.54) is 23.8 Å². The standard InChI is InChI=1S/C21H27NO4S/c1-5-15(14-21(2,3)4)16-10-12-17(13-11-16)20(23)22-18-8-6-7-9-19(18)27(24,25)26/h6-13,15H,5,14H2,1-4H3,(H,22,23)(H,24,25,26). The zero-order valence-electron chi connectivity index (χ0n) is 16.2. The minimum Gasteiger partial charge on any atom is -0.321 e. The fraction of sp³-hybridized carbons (Fsp3) is 0.381. The van der Waals surface area contributed by atoms with Crippen molar-refractivity contribution in [3.05, 3.63) is 59.7 Å². The third-order valence-electron chi connectivity index (χ3n) is 4.41. The molecule has 0 radical (unpaired) electrons. The Morgan fingerprint density at radius 2 is 1.67 bits per heavy atom. The highest BCUT2D eigenvalue weighted by Crippen LogP contribution is 2.33. The van der Waals surface area contributed by atoms with Crippen molar-refractivity contribution in [2.45, 2.75) is 51.3 Å². The van der Waals surface area contributed by atoms with Crippen LogP contribution in [0, 0.1) is 5.41 Å². The molecule has 146 valence electrons. The van der Waals surface area contributed by atoms with Gasteiger partial charge in [0.15, 0.2) is 0 Å². The van der Waals surface area contributed by atoms with Crippen LogP contribution in [0.15, 0.2) is 53.4 Å². The van der Waals surface area contributed by atoms with E-state index in [1.54, 1.807) is 18.2 Å². The summed E-state index contributed by atoms with van der Waals surface area (Å²) in [5, 5.41) is 2.56. The summed E-state index contributed by atoms with van der Waals surface area (Å²) in [6.45, 7) is 8.79. The zero-order valence-corrected chi connectivity index (χ0v) is 17.0. The number of hydrogen-bond donors (Lipinski definition) is 2. The van der Waals surface area contributed by atoms with Gasteiger partial charge < -0.3 is 5.32 Å². The van der Waals surface area contributed by atoms with Crippen molar-refractivity contribution in [3.8, 4) is 0 Å². The molecule has 27 heavy (non-hydrogen) atoms. The Balaban J connectivity index is 2.20. The molecule has 2 rings (SSSR count). The number of rotatable bonds is 6. The zero-order chi connectivity index (χ0) is 20.2. The average Bonchev–Trinajstić information content (AvgIpc) is 2.58. The summed E-state index contributed by atoms with van der Waals surface area (Å²) < 4.78 is 32.2. The third kappa shape index (κ3) is 5.91. The second kappa shape index (κ2) is 8.23. The number of benzene rings is 2. The molecular formula is C21H27NO4S. The molecule has 2 aromatic rings. The van der Waals surface area contributed by atoms with Gasteiger partial charge in [0.1, 0.15) is 4.90 Å². The first-order valence-corrected chi connectivity index (χ1v) is 10.4. The van der Waals surface area contributed by atoms with Crippen LogP contribution >= 0.6 is 0 Å². The number of anilines is 1. The van der Waals surface area contributed by atoms with Gasteiger partial charge in [-0.2, -0.15) is 8.42 Å². The Bertz CT molecular complexity index is 897. The van der Waals surface area contributed by atoms with E-state index in [1.807, 2.05) is 12.1 Å². The lowest BCUT2D eigenvalue weighted by Crippen LogP contribution is -2.15. The van der Waals surface area contributed by atoms with Gasteiger partial charge in [0, 0.05) is 5.56 Å². The van der Waals surface area contributed by atoms with Crippen molar-refractivity contribution < 1.29 is 17.8 Å². The van der Waals surface area contributed by atoms with E-state index in [4.69, 9.17) is 0 Å². The molecular weight excluding hydrogens is 362 g/mol. The summed E-state index contributed by atoms with van der Waals surface area (Å²) in [5.41, 5.74) is 1.88. The molecule has 1 atom stereocenters. The van der Waals surface area contributed by atoms with Gasteiger partial charge in [-0.1, -0.05) is 52.0 Å². The van der Waals surface area contributed by atoms with Crippen LogP contribution in [-0.2, 0) is 10.1 Å². The van der Waals surface area contributed by atoms with Crippen LogP contribution in [0.25, 0.3) is 0 Å². The topological polar surface area (TPSA) is 83.5 Å². The number of amides is 1. The average molecular weight is 390 g/mol. The minimum absolute atomic E-state index is 0.0493. The summed E-state index contributed by atoms with van der Waals surface area (Å²) in [4.78, 5) is 12.2. The summed E-state index contributed by atoms with van der Waals surface area (Å²) in [6.07, 6.45) is 2.07. The molecule has 0 saturated heterocycles. The maximum atomic E-state index is 12.5. The molecule has 0 aliphatic carbocycles. The number of hydrogen-bond acceptors (Lipinski definition) is 3. The Labute approximate surface area is 161 Å². The summed E-state index contributed by atoms with van der Waals surface area (Å²) >= 11 is 0. The Hall–Kier alpha value is -2.18. The van der Waals surface area contributed by atoms with Gasteiger partial charge in [0.25, 0.3) is 16.0 Å². The second-order valence-corrected chi connectivity index (χ2v) is 9.31. The molecule has 0 saturated carbocycles. The second-order valence-electron chi connectivity index (χ2n) is 7.92. The molecule has 5 nitrogen and oxygen atoms in total. The van der Waals surface area contributed by atoms with Crippen LogP contribution in [0.3, 0.4) is 0 Å². The molecule has 0 aliphatic rings. The van der Waals surface area contributed by atoms with Gasteiger partial charge in [-0.15, -0.1) is 0 Å². The third-order valence-corrected chi connectivity index (χ3v) is 5.32. The van der Waals surface area contributed by atoms with Crippen LogP contribution in [-0.4, -0.2) is 18.9 Å². The molecule has 0 fully saturated rings. The molecule has 1 unspecified atom stereocenters. The fourth-order valence-corrected chi connectivity index (χ4v) is 3.78. The molecule has 0 spiro atoms. The van der Waals surface area contributed by atoms with Crippen molar-refractivity contribution in [1.29, 1.82) is 0 Å². The molecule has 6 heteroatoms. The van der Waals surface area contributed by atoms with Gasteiger partial charge in [-0.05, 0) is 54.0 Å². The van der Waals surface area contributed by atoms with Gasteiger partial charge in [-0.25, -0.2) is 0 Å². The van der Waals surface area contributed by atoms with E-state index >= 15 is 0 Å². The molecule has 0 heterocycles. The number of nitrogens with one attached hydrogen (secondary N) is 1. The predicted octanol–water partition coefficient (Wildman–Crippen LogP) is 5.12. The molecule has 0 bridgehead atoms. The maximum Gasteiger partial charge on any atom is 0.296 e. The van der Waals surface area contributed by atoms with Gasteiger partial charge >= 0.3 is 0 Å². The van der Waals surface area contributed by atoms with E-state index in [0.29, 0.717) is 11.5 Å². The van der Waals surface area contributed by atoms with Gasteiger partial charge in [0.05, 0.1) is 5.69 Å². The van der Waals surface area contributed by atoms with E-state index in [2.05, 4.69) is 33.0 Å². The monoisotopic (exact) mass is 389 g/mol. The van der Waals surface area contributed by atoms with Crippen LogP contribution in [0.4, 0.5) is 5.69 Å². The largest absolute Gasteiger partial charge is 0.321 e. The molecule has 2 aromatic carbocycles. The van der Waals surface area contributed by atoms with E-state index in [-0.39, 0.29) is 16.0 Å². The lowest BCUT2D eigenvalue weighted by molar-refractivity contribution is 0.102. The van der Waals surface area contributed by atoms with E-state index in [9.17, 15) is 17.8 Å². The molecule has 0 aromatic heterocycles. The maximum absolute atomic E-state index is 12.5. The lowest BCUT2D eigenvalue weighted by Gasteiger charge is -2.25. The summed E-state index contributed by atoms with van der Waals surface area (Å²) in [5.74, 6) is -0.0103. The first kappa shape index (κ1) is 21.1. The van der Waals surface area contributed by atoms with Crippen LogP contribution in [0.5, 0.6) is 0 Å². The smallest absolute Gasteiger partial charge is 0.296 e. The minimum atomic E-state index is -4.41. The highest BCUT2D eigenvalue weighted by Gasteiger charge is 2.20. The van der Waals surface area contributed by atoms with Crippen molar-refractivity contribution in [3.63, 3.8) is 0 Å². The summed E-state index contributed by atoms with van der Waals surface area (Å²) in [6, 6.07) is 13.1. The normalized spacial score (nSPS) is 13.2. The number of carbonyl (C=O) groups is 1. The predicted molar refractivity (Wildman–Crippen MR) is 108 cm³/mol. The van der Waals surface area contributed by atoms with Crippen LogP contribution in [0.2, 0.25) is 0 Å².